The molecule has 0 saturated heterocycles. The minimum atomic E-state index is -0.333. The number of thioether (sulfide) groups is 1. The monoisotopic (exact) mass is 341 g/mol. The van der Waals surface area contributed by atoms with Crippen molar-refractivity contribution in [2.45, 2.75) is 47.8 Å². The summed E-state index contributed by atoms with van der Waals surface area (Å²) in [5.74, 6) is -0.137. The Labute approximate surface area is 145 Å². The minimum absolute atomic E-state index is 0.0691. The summed E-state index contributed by atoms with van der Waals surface area (Å²) in [6.45, 7) is 0. The predicted molar refractivity (Wildman–Crippen MR) is 94.5 cm³/mol. The Morgan fingerprint density at radius 1 is 1.08 bits per heavy atom. The van der Waals surface area contributed by atoms with Crippen LogP contribution >= 0.6 is 11.8 Å². The van der Waals surface area contributed by atoms with Gasteiger partial charge in [-0.05, 0) is 48.6 Å². The lowest BCUT2D eigenvalue weighted by Gasteiger charge is -2.32. The van der Waals surface area contributed by atoms with Gasteiger partial charge in [-0.1, -0.05) is 43.2 Å². The Kier molecular flexibility index (Phi) is 4.09. The lowest BCUT2D eigenvalue weighted by molar-refractivity contribution is -0.122. The van der Waals surface area contributed by atoms with E-state index in [2.05, 4.69) is 17.4 Å². The molecule has 2 aliphatic rings. The van der Waals surface area contributed by atoms with Crippen LogP contribution in [0.1, 0.15) is 36.8 Å². The van der Waals surface area contributed by atoms with E-state index in [-0.39, 0.29) is 22.5 Å². The Hall–Kier alpha value is -1.81. The molecule has 124 valence electrons. The van der Waals surface area contributed by atoms with Crippen LogP contribution in [0.2, 0.25) is 0 Å². The molecule has 2 aromatic carbocycles. The molecule has 0 unspecified atom stereocenters. The first kappa shape index (κ1) is 15.7. The first-order valence-electron chi connectivity index (χ1n) is 8.49. The normalized spacial score (nSPS) is 21.5. The Morgan fingerprint density at radius 2 is 1.79 bits per heavy atom. The standard InChI is InChI=1S/C20H20FNOS/c21-16-9-7-15(8-10-16)20(11-3-4-12-20)22-19(23)18-13-14-5-1-2-6-17(14)24-18/h1-2,5-10,18H,3-4,11-13H2,(H,22,23)/t18-/m1/s1. The largest absolute Gasteiger partial charge is 0.346 e. The van der Waals surface area contributed by atoms with Gasteiger partial charge in [0.05, 0.1) is 10.8 Å². The molecule has 1 heterocycles. The smallest absolute Gasteiger partial charge is 0.234 e. The average molecular weight is 341 g/mol. The van der Waals surface area contributed by atoms with E-state index in [9.17, 15) is 9.18 Å². The molecule has 0 spiro atoms. The summed E-state index contributed by atoms with van der Waals surface area (Å²) in [5, 5.41) is 3.25. The lowest BCUT2D eigenvalue weighted by Crippen LogP contribution is -2.47. The van der Waals surface area contributed by atoms with Crippen molar-refractivity contribution in [1.82, 2.24) is 5.32 Å². The molecule has 0 aromatic heterocycles. The number of rotatable bonds is 3. The molecule has 0 radical (unpaired) electrons. The predicted octanol–water partition coefficient (Wildman–Crippen LogP) is 4.43. The summed E-state index contributed by atoms with van der Waals surface area (Å²) >= 11 is 1.65. The molecule has 1 atom stereocenters. The fraction of sp³-hybridized carbons (Fsp3) is 0.350. The molecule has 4 rings (SSSR count). The zero-order chi connectivity index (χ0) is 16.6. The van der Waals surface area contributed by atoms with Crippen molar-refractivity contribution in [3.63, 3.8) is 0 Å². The fourth-order valence-corrected chi connectivity index (χ4v) is 5.07. The summed E-state index contributed by atoms with van der Waals surface area (Å²) in [5.41, 5.74) is 1.94. The molecule has 2 nitrogen and oxygen atoms in total. The van der Waals surface area contributed by atoms with E-state index in [1.807, 2.05) is 24.3 Å². The SMILES string of the molecule is O=C(NC1(c2ccc(F)cc2)CCCC1)[C@H]1Cc2ccccc2S1. The molecule has 1 saturated carbocycles. The van der Waals surface area contributed by atoms with Crippen LogP contribution in [0.5, 0.6) is 0 Å². The van der Waals surface area contributed by atoms with Crippen LogP contribution in [0, 0.1) is 5.82 Å². The van der Waals surface area contributed by atoms with Gasteiger partial charge in [0.15, 0.2) is 0 Å². The van der Waals surface area contributed by atoms with E-state index in [0.29, 0.717) is 0 Å². The summed E-state index contributed by atoms with van der Waals surface area (Å²) in [7, 11) is 0. The summed E-state index contributed by atoms with van der Waals surface area (Å²) < 4.78 is 13.3. The first-order valence-corrected chi connectivity index (χ1v) is 9.37. The van der Waals surface area contributed by atoms with Gasteiger partial charge in [0, 0.05) is 4.90 Å². The van der Waals surface area contributed by atoms with Gasteiger partial charge in [-0.2, -0.15) is 0 Å². The molecule has 1 amide bonds. The van der Waals surface area contributed by atoms with Gasteiger partial charge in [-0.3, -0.25) is 4.79 Å². The maximum absolute atomic E-state index is 13.3. The summed E-state index contributed by atoms with van der Waals surface area (Å²) in [4.78, 5) is 14.1. The van der Waals surface area contributed by atoms with Crippen molar-refractivity contribution < 1.29 is 9.18 Å². The molecule has 24 heavy (non-hydrogen) atoms. The van der Waals surface area contributed by atoms with Gasteiger partial charge in [-0.25, -0.2) is 4.39 Å². The third-order valence-corrected chi connectivity index (χ3v) is 6.47. The highest BCUT2D eigenvalue weighted by Gasteiger charge is 2.39. The van der Waals surface area contributed by atoms with E-state index < -0.39 is 0 Å². The second kappa shape index (κ2) is 6.25. The second-order valence-corrected chi connectivity index (χ2v) is 7.95. The highest BCUT2D eigenvalue weighted by atomic mass is 32.2. The van der Waals surface area contributed by atoms with Gasteiger partial charge in [-0.15, -0.1) is 11.8 Å². The molecule has 2 aromatic rings. The van der Waals surface area contributed by atoms with Gasteiger partial charge in [0.2, 0.25) is 5.91 Å². The average Bonchev–Trinajstić information content (AvgIpc) is 3.22. The number of carbonyl (C=O) groups excluding carboxylic acids is 1. The quantitative estimate of drug-likeness (QED) is 0.895. The number of fused-ring (bicyclic) bond motifs is 1. The van der Waals surface area contributed by atoms with E-state index in [1.165, 1.54) is 22.6 Å². The molecule has 1 fully saturated rings. The first-order chi connectivity index (χ1) is 11.7. The molecule has 1 aliphatic heterocycles. The van der Waals surface area contributed by atoms with Crippen molar-refractivity contribution in [3.05, 3.63) is 65.5 Å². The van der Waals surface area contributed by atoms with Crippen molar-refractivity contribution >= 4 is 17.7 Å². The highest BCUT2D eigenvalue weighted by Crippen LogP contribution is 2.41. The molecular formula is C20H20FNOS. The number of amides is 1. The fourth-order valence-electron chi connectivity index (χ4n) is 3.88. The van der Waals surface area contributed by atoms with Crippen LogP contribution in [0.15, 0.2) is 53.4 Å². The Balaban J connectivity index is 1.54. The van der Waals surface area contributed by atoms with E-state index >= 15 is 0 Å². The maximum atomic E-state index is 13.3. The minimum Gasteiger partial charge on any atom is -0.346 e. The second-order valence-electron chi connectivity index (χ2n) is 6.70. The molecule has 1 aliphatic carbocycles. The third kappa shape index (κ3) is 2.84. The zero-order valence-corrected chi connectivity index (χ0v) is 14.2. The topological polar surface area (TPSA) is 29.1 Å². The lowest BCUT2D eigenvalue weighted by atomic mass is 9.87. The van der Waals surface area contributed by atoms with Crippen LogP contribution in [0.3, 0.4) is 0 Å². The highest BCUT2D eigenvalue weighted by molar-refractivity contribution is 8.01. The van der Waals surface area contributed by atoms with Crippen LogP contribution < -0.4 is 5.32 Å². The number of hydrogen-bond donors (Lipinski definition) is 1. The van der Waals surface area contributed by atoms with Gasteiger partial charge < -0.3 is 5.32 Å². The number of carbonyl (C=O) groups is 1. The number of halogens is 1. The molecule has 1 N–H and O–H groups in total. The van der Waals surface area contributed by atoms with Crippen LogP contribution in [0.4, 0.5) is 4.39 Å². The third-order valence-electron chi connectivity index (χ3n) is 5.16. The van der Waals surface area contributed by atoms with Crippen molar-refractivity contribution in [3.8, 4) is 0 Å². The Morgan fingerprint density at radius 3 is 2.50 bits per heavy atom. The van der Waals surface area contributed by atoms with E-state index in [4.69, 9.17) is 0 Å². The van der Waals surface area contributed by atoms with Gasteiger partial charge >= 0.3 is 0 Å². The molecule has 0 bridgehead atoms. The number of nitrogens with one attached hydrogen (secondary N) is 1. The van der Waals surface area contributed by atoms with Crippen molar-refractivity contribution in [2.75, 3.05) is 0 Å². The number of hydrogen-bond acceptors (Lipinski definition) is 2. The van der Waals surface area contributed by atoms with Gasteiger partial charge in [0.1, 0.15) is 5.82 Å². The van der Waals surface area contributed by atoms with Crippen molar-refractivity contribution in [1.29, 1.82) is 0 Å². The van der Waals surface area contributed by atoms with Crippen molar-refractivity contribution in [2.24, 2.45) is 0 Å². The number of benzene rings is 2. The van der Waals surface area contributed by atoms with Crippen LogP contribution in [0.25, 0.3) is 0 Å². The van der Waals surface area contributed by atoms with E-state index in [0.717, 1.165) is 37.7 Å². The summed E-state index contributed by atoms with van der Waals surface area (Å²) in [6.07, 6.45) is 4.82. The Bertz CT molecular complexity index is 727. The maximum Gasteiger partial charge on any atom is 0.234 e. The van der Waals surface area contributed by atoms with Crippen LogP contribution in [-0.4, -0.2) is 11.2 Å². The molecule has 4 heteroatoms. The van der Waals surface area contributed by atoms with Gasteiger partial charge in [0.25, 0.3) is 0 Å². The zero-order valence-electron chi connectivity index (χ0n) is 13.4. The van der Waals surface area contributed by atoms with Crippen LogP contribution in [-0.2, 0) is 16.8 Å². The van der Waals surface area contributed by atoms with E-state index in [1.54, 1.807) is 11.8 Å². The summed E-state index contributed by atoms with van der Waals surface area (Å²) in [6, 6.07) is 14.8. The molecular weight excluding hydrogens is 321 g/mol.